The average Bonchev–Trinajstić information content (AvgIpc) is 1.41. The molecule has 0 fully saturated rings. The van der Waals surface area contributed by atoms with Crippen LogP contribution in [0, 0.1) is 0 Å². The highest BCUT2D eigenvalue weighted by Gasteiger charge is 1.71. The second kappa shape index (κ2) is 4.99. The van der Waals surface area contributed by atoms with E-state index >= 15 is 0 Å². The first kappa shape index (κ1) is 5.99. The molecule has 0 bridgehead atoms. The van der Waals surface area contributed by atoms with E-state index in [9.17, 15) is 0 Å². The van der Waals surface area contributed by atoms with Gasteiger partial charge in [-0.15, -0.1) is 23.3 Å². The van der Waals surface area contributed by atoms with Gasteiger partial charge in [-0.25, -0.2) is 0 Å². The van der Waals surface area contributed by atoms with Crippen molar-refractivity contribution in [1.29, 1.82) is 0 Å². The Balaban J connectivity index is 2.19. The number of thiol groups is 1. The highest BCUT2D eigenvalue weighted by Crippen LogP contribution is 2.02. The molecule has 0 aliphatic rings. The second-order valence-electron chi connectivity index (χ2n) is 0.522. The van der Waals surface area contributed by atoms with E-state index in [4.69, 9.17) is 11.6 Å². The lowest BCUT2D eigenvalue weighted by molar-refractivity contribution is 1.55. The van der Waals surface area contributed by atoms with Crippen LogP contribution in [0.15, 0.2) is 0 Å². The molecule has 0 saturated carbocycles. The molecule has 0 spiro atoms. The van der Waals surface area contributed by atoms with Crippen LogP contribution in [0.5, 0.6) is 0 Å². The number of alkyl halides is 1. The number of hydrogen-bond acceptors (Lipinski definition) is 2. The van der Waals surface area contributed by atoms with Gasteiger partial charge < -0.3 is 0 Å². The van der Waals surface area contributed by atoms with Crippen molar-refractivity contribution in [1.82, 2.24) is 0 Å². The molecule has 3 heteroatoms. The Morgan fingerprint density at radius 2 is 2.40 bits per heavy atom. The summed E-state index contributed by atoms with van der Waals surface area (Å²) in [6.07, 6.45) is 0. The summed E-state index contributed by atoms with van der Waals surface area (Å²) in [6, 6.07) is 0. The van der Waals surface area contributed by atoms with Gasteiger partial charge in [0.2, 0.25) is 0 Å². The highest BCUT2D eigenvalue weighted by atomic mass is 35.5. The maximum Gasteiger partial charge on any atom is 0.0322 e. The Morgan fingerprint density at radius 3 is 2.40 bits per heavy atom. The standard InChI is InChI=1S/C2H5ClS2/c3-1-2-5-4/h4H,1-2H2. The average molecular weight is 129 g/mol. The molecule has 0 amide bonds. The molecule has 0 aliphatic carbocycles. The van der Waals surface area contributed by atoms with Gasteiger partial charge in [0.25, 0.3) is 0 Å². The molecule has 5 heavy (non-hydrogen) atoms. The van der Waals surface area contributed by atoms with E-state index < -0.39 is 0 Å². The van der Waals surface area contributed by atoms with Gasteiger partial charge in [0.1, 0.15) is 0 Å². The summed E-state index contributed by atoms with van der Waals surface area (Å²) in [7, 11) is 1.46. The third-order valence-electron chi connectivity index (χ3n) is 0.168. The van der Waals surface area contributed by atoms with Crippen LogP contribution in [0.25, 0.3) is 0 Å². The second-order valence-corrected chi connectivity index (χ2v) is 2.34. The molecule has 0 radical (unpaired) electrons. The van der Waals surface area contributed by atoms with Crippen molar-refractivity contribution in [2.75, 3.05) is 11.6 Å². The van der Waals surface area contributed by atoms with E-state index in [1.165, 1.54) is 10.8 Å². The van der Waals surface area contributed by atoms with Crippen molar-refractivity contribution < 1.29 is 0 Å². The minimum Gasteiger partial charge on any atom is -0.126 e. The van der Waals surface area contributed by atoms with Crippen molar-refractivity contribution >= 4 is 34.1 Å². The maximum absolute atomic E-state index is 5.23. The molecule has 0 rings (SSSR count). The van der Waals surface area contributed by atoms with Crippen molar-refractivity contribution in [2.45, 2.75) is 0 Å². The van der Waals surface area contributed by atoms with Crippen LogP contribution < -0.4 is 0 Å². The first-order valence-electron chi connectivity index (χ1n) is 1.24. The van der Waals surface area contributed by atoms with Gasteiger partial charge >= 0.3 is 0 Å². The molecular weight excluding hydrogens is 124 g/mol. The topological polar surface area (TPSA) is 0 Å². The summed E-state index contributed by atoms with van der Waals surface area (Å²) in [5.74, 6) is 1.64. The predicted octanol–water partition coefficient (Wildman–Crippen LogP) is 1.80. The lowest BCUT2D eigenvalue weighted by Gasteiger charge is -1.76. The third-order valence-corrected chi connectivity index (χ3v) is 1.52. The van der Waals surface area contributed by atoms with Gasteiger partial charge in [-0.05, 0) is 0 Å². The molecule has 0 aromatic rings. The van der Waals surface area contributed by atoms with E-state index in [0.717, 1.165) is 5.75 Å². The van der Waals surface area contributed by atoms with Gasteiger partial charge in [0.15, 0.2) is 0 Å². The fraction of sp³-hybridized carbons (Fsp3) is 1.00. The van der Waals surface area contributed by atoms with Gasteiger partial charge in [0.05, 0.1) is 0 Å². The van der Waals surface area contributed by atoms with Crippen LogP contribution in [0.1, 0.15) is 0 Å². The fourth-order valence-corrected chi connectivity index (χ4v) is 0.932. The number of halogens is 1. The Hall–Kier alpha value is 0.990. The zero-order valence-electron chi connectivity index (χ0n) is 2.65. The van der Waals surface area contributed by atoms with Crippen LogP contribution in [-0.2, 0) is 0 Å². The Kier molecular flexibility index (Phi) is 5.98. The summed E-state index contributed by atoms with van der Waals surface area (Å²) in [5.41, 5.74) is 0. The molecule has 0 nitrogen and oxygen atoms in total. The molecular formula is C2H5ClS2. The minimum absolute atomic E-state index is 0.703. The summed E-state index contributed by atoms with van der Waals surface area (Å²) in [6.45, 7) is 0. The molecule has 32 valence electrons. The maximum atomic E-state index is 5.23. The van der Waals surface area contributed by atoms with E-state index in [2.05, 4.69) is 11.7 Å². The van der Waals surface area contributed by atoms with Crippen molar-refractivity contribution in [2.24, 2.45) is 0 Å². The lowest BCUT2D eigenvalue weighted by atomic mass is 11.0. The summed E-state index contributed by atoms with van der Waals surface area (Å²) in [5, 5.41) is 0. The Morgan fingerprint density at radius 1 is 1.80 bits per heavy atom. The van der Waals surface area contributed by atoms with Crippen LogP contribution in [0.2, 0.25) is 0 Å². The van der Waals surface area contributed by atoms with Crippen LogP contribution in [-0.4, -0.2) is 11.6 Å². The van der Waals surface area contributed by atoms with E-state index in [-0.39, 0.29) is 0 Å². The van der Waals surface area contributed by atoms with Gasteiger partial charge in [-0.3, -0.25) is 0 Å². The van der Waals surface area contributed by atoms with E-state index in [0.29, 0.717) is 5.88 Å². The minimum atomic E-state index is 0.703. The highest BCUT2D eigenvalue weighted by molar-refractivity contribution is 8.68. The molecule has 0 saturated heterocycles. The predicted molar refractivity (Wildman–Crippen MR) is 32.2 cm³/mol. The Labute approximate surface area is 46.1 Å². The molecule has 0 atom stereocenters. The first-order chi connectivity index (χ1) is 2.41. The number of rotatable bonds is 2. The SMILES string of the molecule is SSCCCl. The van der Waals surface area contributed by atoms with Crippen molar-refractivity contribution in [3.63, 3.8) is 0 Å². The van der Waals surface area contributed by atoms with Crippen LogP contribution in [0.3, 0.4) is 0 Å². The summed E-state index contributed by atoms with van der Waals surface area (Å²) >= 11 is 9.06. The third kappa shape index (κ3) is 4.99. The lowest BCUT2D eigenvalue weighted by Crippen LogP contribution is -1.68. The normalized spacial score (nSPS) is 8.40. The zero-order valence-corrected chi connectivity index (χ0v) is 5.11. The summed E-state index contributed by atoms with van der Waals surface area (Å²) < 4.78 is 0. The largest absolute Gasteiger partial charge is 0.126 e. The summed E-state index contributed by atoms with van der Waals surface area (Å²) in [4.78, 5) is 0. The Bertz CT molecular complexity index is 15.1. The molecule has 0 heterocycles. The van der Waals surface area contributed by atoms with E-state index in [1.54, 1.807) is 0 Å². The molecule has 0 aromatic heterocycles. The molecule has 0 aromatic carbocycles. The van der Waals surface area contributed by atoms with Gasteiger partial charge in [-0.2, -0.15) is 0 Å². The van der Waals surface area contributed by atoms with E-state index in [1.807, 2.05) is 0 Å². The molecule has 0 N–H and O–H groups in total. The van der Waals surface area contributed by atoms with Crippen molar-refractivity contribution in [3.05, 3.63) is 0 Å². The smallest absolute Gasteiger partial charge is 0.0322 e. The zero-order chi connectivity index (χ0) is 4.12. The van der Waals surface area contributed by atoms with Gasteiger partial charge in [0, 0.05) is 11.6 Å². The van der Waals surface area contributed by atoms with Gasteiger partial charge in [-0.1, -0.05) is 10.8 Å². The monoisotopic (exact) mass is 128 g/mol. The van der Waals surface area contributed by atoms with Crippen molar-refractivity contribution in [3.8, 4) is 0 Å². The molecule has 0 aliphatic heterocycles. The fourth-order valence-electron chi connectivity index (χ4n) is 0.0345. The molecule has 0 unspecified atom stereocenters. The number of hydrogen-bond donors (Lipinski definition) is 1. The van der Waals surface area contributed by atoms with Crippen LogP contribution in [0.4, 0.5) is 0 Å². The first-order valence-corrected chi connectivity index (χ1v) is 3.81. The van der Waals surface area contributed by atoms with Crippen LogP contribution >= 0.6 is 34.1 Å². The quantitative estimate of drug-likeness (QED) is 0.336.